The maximum atomic E-state index is 12.3. The maximum absolute atomic E-state index is 12.3. The van der Waals surface area contributed by atoms with Crippen molar-refractivity contribution in [3.05, 3.63) is 63.9 Å². The Bertz CT molecular complexity index is 937. The summed E-state index contributed by atoms with van der Waals surface area (Å²) in [6.07, 6.45) is 0.513. The molecule has 2 amide bonds. The second kappa shape index (κ2) is 8.35. The molecule has 0 bridgehead atoms. The molecule has 0 atom stereocenters. The highest BCUT2D eigenvalue weighted by Crippen LogP contribution is 2.20. The summed E-state index contributed by atoms with van der Waals surface area (Å²) in [5.41, 5.74) is 3.88. The second-order valence-electron chi connectivity index (χ2n) is 6.45. The van der Waals surface area contributed by atoms with Crippen molar-refractivity contribution in [1.82, 2.24) is 15.0 Å². The van der Waals surface area contributed by atoms with Crippen LogP contribution in [0.1, 0.15) is 17.0 Å². The van der Waals surface area contributed by atoms with Crippen LogP contribution in [-0.2, 0) is 6.42 Å². The van der Waals surface area contributed by atoms with Gasteiger partial charge in [-0.2, -0.15) is 4.98 Å². The zero-order valence-corrected chi connectivity index (χ0v) is 17.1. The Hall–Kier alpha value is -2.67. The first-order chi connectivity index (χ1) is 12.9. The van der Waals surface area contributed by atoms with Crippen LogP contribution in [0.4, 0.5) is 10.5 Å². The number of nitrogens with zero attached hydrogens (tertiary/aromatic N) is 3. The van der Waals surface area contributed by atoms with Crippen LogP contribution in [-0.4, -0.2) is 34.7 Å². The summed E-state index contributed by atoms with van der Waals surface area (Å²) in [4.78, 5) is 18.3. The molecule has 2 aromatic carbocycles. The number of aromatic nitrogens is 2. The molecule has 0 aliphatic carbocycles. The van der Waals surface area contributed by atoms with Crippen LogP contribution in [0.3, 0.4) is 0 Å². The topological polar surface area (TPSA) is 71.3 Å². The molecule has 0 unspecified atom stereocenters. The van der Waals surface area contributed by atoms with Crippen LogP contribution in [0.15, 0.2) is 51.5 Å². The minimum atomic E-state index is -0.182. The molecule has 1 heterocycles. The van der Waals surface area contributed by atoms with Gasteiger partial charge in [0, 0.05) is 35.7 Å². The SMILES string of the molecule is Cc1ccc(-c2nc(CCN(C)C(=O)Nc3ccc(Br)c(C)c3)no2)cc1. The molecule has 27 heavy (non-hydrogen) atoms. The number of hydrogen-bond donors (Lipinski definition) is 1. The van der Waals surface area contributed by atoms with E-state index in [1.54, 1.807) is 11.9 Å². The van der Waals surface area contributed by atoms with E-state index in [-0.39, 0.29) is 6.03 Å². The molecule has 6 nitrogen and oxygen atoms in total. The number of amides is 2. The first-order valence-electron chi connectivity index (χ1n) is 8.60. The summed E-state index contributed by atoms with van der Waals surface area (Å²) >= 11 is 3.45. The van der Waals surface area contributed by atoms with Gasteiger partial charge in [0.1, 0.15) is 0 Å². The number of carbonyl (C=O) groups is 1. The Morgan fingerprint density at radius 2 is 1.93 bits per heavy atom. The number of rotatable bonds is 5. The molecule has 0 fully saturated rings. The van der Waals surface area contributed by atoms with Gasteiger partial charge >= 0.3 is 6.03 Å². The summed E-state index contributed by atoms with van der Waals surface area (Å²) in [7, 11) is 1.74. The maximum Gasteiger partial charge on any atom is 0.321 e. The van der Waals surface area contributed by atoms with E-state index in [1.165, 1.54) is 5.56 Å². The van der Waals surface area contributed by atoms with E-state index in [0.29, 0.717) is 24.7 Å². The van der Waals surface area contributed by atoms with E-state index in [9.17, 15) is 4.79 Å². The summed E-state index contributed by atoms with van der Waals surface area (Å²) in [5, 5.41) is 6.89. The Balaban J connectivity index is 1.55. The van der Waals surface area contributed by atoms with E-state index in [0.717, 1.165) is 21.3 Å². The molecular weight excluding hydrogens is 408 g/mol. The van der Waals surface area contributed by atoms with Gasteiger partial charge in [0.15, 0.2) is 5.82 Å². The van der Waals surface area contributed by atoms with Crippen LogP contribution in [0.25, 0.3) is 11.5 Å². The number of aryl methyl sites for hydroxylation is 2. The number of nitrogens with one attached hydrogen (secondary N) is 1. The van der Waals surface area contributed by atoms with Gasteiger partial charge in [-0.15, -0.1) is 0 Å². The molecule has 1 N–H and O–H groups in total. The van der Waals surface area contributed by atoms with E-state index in [1.807, 2.05) is 56.3 Å². The summed E-state index contributed by atoms with van der Waals surface area (Å²) in [5.74, 6) is 1.06. The normalized spacial score (nSPS) is 10.7. The highest BCUT2D eigenvalue weighted by atomic mass is 79.9. The summed E-state index contributed by atoms with van der Waals surface area (Å²) < 4.78 is 6.33. The van der Waals surface area contributed by atoms with Gasteiger partial charge in [-0.05, 0) is 49.7 Å². The van der Waals surface area contributed by atoms with Gasteiger partial charge in [-0.25, -0.2) is 4.79 Å². The number of benzene rings is 2. The van der Waals surface area contributed by atoms with Crippen molar-refractivity contribution in [3.8, 4) is 11.5 Å². The Labute approximate surface area is 166 Å². The number of halogens is 1. The molecule has 0 aliphatic heterocycles. The van der Waals surface area contributed by atoms with Gasteiger partial charge in [0.25, 0.3) is 5.89 Å². The average Bonchev–Trinajstić information content (AvgIpc) is 3.12. The second-order valence-corrected chi connectivity index (χ2v) is 7.30. The monoisotopic (exact) mass is 428 g/mol. The Kier molecular flexibility index (Phi) is 5.91. The standard InChI is InChI=1S/C20H21BrN4O2/c1-13-4-6-15(7-5-13)19-23-18(24-27-19)10-11-25(3)20(26)22-16-8-9-17(21)14(2)12-16/h4-9,12H,10-11H2,1-3H3,(H,22,26). The predicted molar refractivity (Wildman–Crippen MR) is 109 cm³/mol. The van der Waals surface area contributed by atoms with Crippen molar-refractivity contribution in [2.75, 3.05) is 18.9 Å². The highest BCUT2D eigenvalue weighted by Gasteiger charge is 2.13. The van der Waals surface area contributed by atoms with E-state index in [4.69, 9.17) is 4.52 Å². The molecule has 3 rings (SSSR count). The van der Waals surface area contributed by atoms with E-state index in [2.05, 4.69) is 31.4 Å². The van der Waals surface area contributed by atoms with Gasteiger partial charge in [0.05, 0.1) is 0 Å². The molecule has 0 radical (unpaired) electrons. The fourth-order valence-electron chi connectivity index (χ4n) is 2.48. The highest BCUT2D eigenvalue weighted by molar-refractivity contribution is 9.10. The van der Waals surface area contributed by atoms with Gasteiger partial charge in [-0.3, -0.25) is 0 Å². The van der Waals surface area contributed by atoms with Crippen molar-refractivity contribution in [2.45, 2.75) is 20.3 Å². The van der Waals surface area contributed by atoms with Crippen LogP contribution in [0, 0.1) is 13.8 Å². The number of anilines is 1. The van der Waals surface area contributed by atoms with Gasteiger partial charge < -0.3 is 14.7 Å². The van der Waals surface area contributed by atoms with Crippen LogP contribution >= 0.6 is 15.9 Å². The third-order valence-electron chi connectivity index (χ3n) is 4.19. The lowest BCUT2D eigenvalue weighted by atomic mass is 10.1. The minimum Gasteiger partial charge on any atom is -0.334 e. The number of carbonyl (C=O) groups excluding carboxylic acids is 1. The quantitative estimate of drug-likeness (QED) is 0.631. The van der Waals surface area contributed by atoms with Crippen LogP contribution in [0.2, 0.25) is 0 Å². The number of likely N-dealkylation sites (N-methyl/N-ethyl adjacent to an activating group) is 1. The third-order valence-corrected chi connectivity index (χ3v) is 5.08. The zero-order valence-electron chi connectivity index (χ0n) is 15.5. The minimum absolute atomic E-state index is 0.182. The molecule has 140 valence electrons. The molecule has 0 saturated heterocycles. The van der Waals surface area contributed by atoms with E-state index >= 15 is 0 Å². The lowest BCUT2D eigenvalue weighted by Gasteiger charge is -2.17. The van der Waals surface area contributed by atoms with Gasteiger partial charge in [0.2, 0.25) is 0 Å². The van der Waals surface area contributed by atoms with Crippen molar-refractivity contribution in [2.24, 2.45) is 0 Å². The number of hydrogen-bond acceptors (Lipinski definition) is 4. The fourth-order valence-corrected chi connectivity index (χ4v) is 2.73. The third kappa shape index (κ3) is 4.95. The molecular formula is C20H21BrN4O2. The number of urea groups is 1. The molecule has 3 aromatic rings. The first kappa shape index (κ1) is 19.1. The fraction of sp³-hybridized carbons (Fsp3) is 0.250. The summed E-state index contributed by atoms with van der Waals surface area (Å²) in [6, 6.07) is 13.4. The van der Waals surface area contributed by atoms with Crippen molar-refractivity contribution in [1.29, 1.82) is 0 Å². The molecule has 7 heteroatoms. The lowest BCUT2D eigenvalue weighted by Crippen LogP contribution is -2.33. The molecule has 0 saturated carbocycles. The average molecular weight is 429 g/mol. The first-order valence-corrected chi connectivity index (χ1v) is 9.39. The van der Waals surface area contributed by atoms with Crippen LogP contribution in [0.5, 0.6) is 0 Å². The van der Waals surface area contributed by atoms with Crippen molar-refractivity contribution < 1.29 is 9.32 Å². The summed E-state index contributed by atoms with van der Waals surface area (Å²) in [6.45, 7) is 4.49. The zero-order chi connectivity index (χ0) is 19.4. The predicted octanol–water partition coefficient (Wildman–Crippen LogP) is 4.82. The smallest absolute Gasteiger partial charge is 0.321 e. The largest absolute Gasteiger partial charge is 0.334 e. The van der Waals surface area contributed by atoms with Crippen molar-refractivity contribution >= 4 is 27.6 Å². The van der Waals surface area contributed by atoms with Gasteiger partial charge in [-0.1, -0.05) is 38.8 Å². The molecule has 0 aliphatic rings. The lowest BCUT2D eigenvalue weighted by molar-refractivity contribution is 0.222. The molecule has 0 spiro atoms. The van der Waals surface area contributed by atoms with Crippen molar-refractivity contribution in [3.63, 3.8) is 0 Å². The Morgan fingerprint density at radius 3 is 2.63 bits per heavy atom. The van der Waals surface area contributed by atoms with E-state index < -0.39 is 0 Å². The van der Waals surface area contributed by atoms with Crippen LogP contribution < -0.4 is 5.32 Å². The Morgan fingerprint density at radius 1 is 1.19 bits per heavy atom. The molecule has 1 aromatic heterocycles.